The van der Waals surface area contributed by atoms with Crippen LogP contribution in [0.1, 0.15) is 0 Å². The van der Waals surface area contributed by atoms with E-state index in [0.29, 0.717) is 11.5 Å². The Bertz CT molecular complexity index is 782. The highest BCUT2D eigenvalue weighted by Crippen LogP contribution is 2.35. The van der Waals surface area contributed by atoms with Crippen LogP contribution in [0.2, 0.25) is 0 Å². The first-order valence-corrected chi connectivity index (χ1v) is 5.86. The van der Waals surface area contributed by atoms with E-state index in [9.17, 15) is 0 Å². The summed E-state index contributed by atoms with van der Waals surface area (Å²) in [6.07, 6.45) is 4.61. The molecule has 0 radical (unpaired) electrons. The maximum Gasteiger partial charge on any atom is 0.292 e. The van der Waals surface area contributed by atoms with Crippen molar-refractivity contribution in [1.82, 2.24) is 0 Å². The molecule has 0 heterocycles. The minimum atomic E-state index is 0.104. The number of rotatable bonds is 5. The SMILES string of the molecule is N#COc1ccc(Oc2ccc(OC#N)cc2OC#N)cc1. The molecular formula is C15H7N3O4. The van der Waals surface area contributed by atoms with Gasteiger partial charge in [-0.25, -0.2) is 0 Å². The van der Waals surface area contributed by atoms with Crippen LogP contribution in [-0.4, -0.2) is 0 Å². The Labute approximate surface area is 125 Å². The van der Waals surface area contributed by atoms with Gasteiger partial charge in [0.1, 0.15) is 17.2 Å². The van der Waals surface area contributed by atoms with Crippen molar-refractivity contribution >= 4 is 0 Å². The predicted molar refractivity (Wildman–Crippen MR) is 71.7 cm³/mol. The Kier molecular flexibility index (Phi) is 4.65. The van der Waals surface area contributed by atoms with Crippen molar-refractivity contribution in [3.63, 3.8) is 0 Å². The van der Waals surface area contributed by atoms with Gasteiger partial charge in [0.05, 0.1) is 0 Å². The average Bonchev–Trinajstić information content (AvgIpc) is 2.52. The van der Waals surface area contributed by atoms with Crippen LogP contribution in [0.3, 0.4) is 0 Å². The number of hydrogen-bond acceptors (Lipinski definition) is 7. The van der Waals surface area contributed by atoms with Gasteiger partial charge in [0.15, 0.2) is 11.5 Å². The molecule has 7 nitrogen and oxygen atoms in total. The van der Waals surface area contributed by atoms with Crippen LogP contribution in [0.25, 0.3) is 0 Å². The van der Waals surface area contributed by atoms with E-state index in [4.69, 9.17) is 25.3 Å². The number of nitrogens with zero attached hydrogens (tertiary/aromatic N) is 3. The summed E-state index contributed by atoms with van der Waals surface area (Å²) >= 11 is 0. The Morgan fingerprint density at radius 3 is 1.77 bits per heavy atom. The monoisotopic (exact) mass is 293 g/mol. The molecule has 2 rings (SSSR count). The molecule has 0 fully saturated rings. The number of hydrogen-bond donors (Lipinski definition) is 0. The molecule has 0 saturated heterocycles. The van der Waals surface area contributed by atoms with Gasteiger partial charge in [-0.1, -0.05) is 0 Å². The van der Waals surface area contributed by atoms with Gasteiger partial charge in [0.25, 0.3) is 18.8 Å². The van der Waals surface area contributed by atoms with E-state index in [1.807, 2.05) is 0 Å². The van der Waals surface area contributed by atoms with E-state index in [2.05, 4.69) is 9.47 Å². The van der Waals surface area contributed by atoms with Gasteiger partial charge in [-0.2, -0.15) is 0 Å². The Balaban J connectivity index is 2.23. The molecule has 2 aromatic carbocycles. The zero-order valence-electron chi connectivity index (χ0n) is 11.0. The Hall–Kier alpha value is -3.89. The first kappa shape index (κ1) is 14.5. The van der Waals surface area contributed by atoms with E-state index in [-0.39, 0.29) is 17.2 Å². The topological polar surface area (TPSA) is 108 Å². The van der Waals surface area contributed by atoms with Gasteiger partial charge < -0.3 is 18.9 Å². The molecular weight excluding hydrogens is 286 g/mol. The third-order valence-electron chi connectivity index (χ3n) is 2.45. The van der Waals surface area contributed by atoms with Gasteiger partial charge >= 0.3 is 0 Å². The van der Waals surface area contributed by atoms with Gasteiger partial charge in [-0.15, -0.1) is 15.8 Å². The highest BCUT2D eigenvalue weighted by atomic mass is 16.5. The van der Waals surface area contributed by atoms with Crippen LogP contribution < -0.4 is 18.9 Å². The van der Waals surface area contributed by atoms with Crippen LogP contribution in [0.5, 0.6) is 28.7 Å². The summed E-state index contributed by atoms with van der Waals surface area (Å²) in [5.41, 5.74) is 0. The standard InChI is InChI=1S/C15H7N3O4/c16-8-19-11-1-3-12(4-2-11)22-14-6-5-13(20-9-17)7-15(14)21-10-18/h1-7H. The number of nitriles is 3. The maximum absolute atomic E-state index is 8.65. The highest BCUT2D eigenvalue weighted by Gasteiger charge is 2.10. The molecule has 0 aliphatic carbocycles. The van der Waals surface area contributed by atoms with E-state index in [1.165, 1.54) is 30.7 Å². The highest BCUT2D eigenvalue weighted by molar-refractivity contribution is 5.48. The van der Waals surface area contributed by atoms with Crippen LogP contribution in [0, 0.1) is 34.6 Å². The predicted octanol–water partition coefficient (Wildman–Crippen LogP) is 3.06. The molecule has 0 amide bonds. The normalized spacial score (nSPS) is 8.77. The zero-order valence-corrected chi connectivity index (χ0v) is 11.0. The van der Waals surface area contributed by atoms with Crippen molar-refractivity contribution in [3.8, 4) is 47.5 Å². The van der Waals surface area contributed by atoms with E-state index < -0.39 is 0 Å². The van der Waals surface area contributed by atoms with Gasteiger partial charge in [0.2, 0.25) is 0 Å². The molecule has 22 heavy (non-hydrogen) atoms. The van der Waals surface area contributed by atoms with Crippen molar-refractivity contribution in [2.45, 2.75) is 0 Å². The van der Waals surface area contributed by atoms with E-state index in [1.54, 1.807) is 30.5 Å². The molecule has 0 spiro atoms. The van der Waals surface area contributed by atoms with Gasteiger partial charge in [0, 0.05) is 6.07 Å². The van der Waals surface area contributed by atoms with Crippen LogP contribution >= 0.6 is 0 Å². The fourth-order valence-electron chi connectivity index (χ4n) is 1.57. The molecule has 0 aliphatic rings. The van der Waals surface area contributed by atoms with Crippen molar-refractivity contribution in [1.29, 1.82) is 15.8 Å². The fourth-order valence-corrected chi connectivity index (χ4v) is 1.57. The summed E-state index contributed by atoms with van der Waals surface area (Å²) < 4.78 is 19.7. The van der Waals surface area contributed by atoms with Crippen LogP contribution in [-0.2, 0) is 0 Å². The summed E-state index contributed by atoms with van der Waals surface area (Å²) in [6, 6.07) is 10.6. The summed E-state index contributed by atoms with van der Waals surface area (Å²) in [6.45, 7) is 0. The lowest BCUT2D eigenvalue weighted by Crippen LogP contribution is -1.91. The summed E-state index contributed by atoms with van der Waals surface area (Å²) in [7, 11) is 0. The van der Waals surface area contributed by atoms with Crippen molar-refractivity contribution in [2.24, 2.45) is 0 Å². The maximum atomic E-state index is 8.65. The molecule has 106 valence electrons. The van der Waals surface area contributed by atoms with Crippen molar-refractivity contribution in [3.05, 3.63) is 42.5 Å². The van der Waals surface area contributed by atoms with Gasteiger partial charge in [-0.05, 0) is 36.4 Å². The van der Waals surface area contributed by atoms with E-state index >= 15 is 0 Å². The molecule has 0 unspecified atom stereocenters. The molecule has 0 aliphatic heterocycles. The summed E-state index contributed by atoms with van der Waals surface area (Å²) in [5.74, 6) is 1.41. The molecule has 0 aromatic heterocycles. The summed E-state index contributed by atoms with van der Waals surface area (Å²) in [5, 5.41) is 25.5. The number of ether oxygens (including phenoxy) is 4. The quantitative estimate of drug-likeness (QED) is 0.779. The average molecular weight is 293 g/mol. The Morgan fingerprint density at radius 2 is 1.14 bits per heavy atom. The first-order chi connectivity index (χ1) is 10.8. The molecule has 2 aromatic rings. The van der Waals surface area contributed by atoms with E-state index in [0.717, 1.165) is 0 Å². The minimum Gasteiger partial charge on any atom is -0.453 e. The van der Waals surface area contributed by atoms with Crippen molar-refractivity contribution < 1.29 is 18.9 Å². The smallest absolute Gasteiger partial charge is 0.292 e. The molecule has 0 N–H and O–H groups in total. The lowest BCUT2D eigenvalue weighted by molar-refractivity contribution is 0.422. The second kappa shape index (κ2) is 7.04. The third kappa shape index (κ3) is 3.57. The van der Waals surface area contributed by atoms with Crippen LogP contribution in [0.4, 0.5) is 0 Å². The molecule has 0 bridgehead atoms. The van der Waals surface area contributed by atoms with Gasteiger partial charge in [-0.3, -0.25) is 0 Å². The second-order valence-corrected chi connectivity index (χ2v) is 3.76. The molecule has 0 saturated carbocycles. The fraction of sp³-hybridized carbons (Fsp3) is 0. The Morgan fingerprint density at radius 1 is 0.591 bits per heavy atom. The lowest BCUT2D eigenvalue weighted by Gasteiger charge is -2.09. The first-order valence-electron chi connectivity index (χ1n) is 5.86. The largest absolute Gasteiger partial charge is 0.453 e. The molecule has 0 atom stereocenters. The summed E-state index contributed by atoms with van der Waals surface area (Å²) in [4.78, 5) is 0. The lowest BCUT2D eigenvalue weighted by atomic mass is 10.3. The number of benzene rings is 2. The van der Waals surface area contributed by atoms with Crippen LogP contribution in [0.15, 0.2) is 42.5 Å². The second-order valence-electron chi connectivity index (χ2n) is 3.76. The van der Waals surface area contributed by atoms with Crippen molar-refractivity contribution in [2.75, 3.05) is 0 Å². The minimum absolute atomic E-state index is 0.104. The molecule has 7 heteroatoms. The zero-order chi connectivity index (χ0) is 15.8. The third-order valence-corrected chi connectivity index (χ3v) is 2.45.